The molecule has 0 aliphatic carbocycles. The van der Waals surface area contributed by atoms with Gasteiger partial charge in [-0.05, 0) is 79.8 Å². The van der Waals surface area contributed by atoms with Crippen LogP contribution in [0.2, 0.25) is 0 Å². The van der Waals surface area contributed by atoms with Crippen molar-refractivity contribution in [3.05, 3.63) is 100 Å². The number of benzene rings is 2. The second-order valence-corrected chi connectivity index (χ2v) is 8.23. The van der Waals surface area contributed by atoms with Gasteiger partial charge in [0.1, 0.15) is 0 Å². The van der Waals surface area contributed by atoms with Crippen molar-refractivity contribution in [3.63, 3.8) is 0 Å². The number of amides is 1. The summed E-state index contributed by atoms with van der Waals surface area (Å²) in [7, 11) is 0. The molecule has 6 nitrogen and oxygen atoms in total. The molecule has 0 saturated carbocycles. The van der Waals surface area contributed by atoms with Crippen molar-refractivity contribution >= 4 is 23.3 Å². The highest BCUT2D eigenvalue weighted by atomic mass is 16.4. The zero-order valence-corrected chi connectivity index (χ0v) is 19.1. The number of aryl methyl sites for hydroxylation is 3. The number of hydrogen-bond acceptors (Lipinski definition) is 3. The topological polar surface area (TPSA) is 75.4 Å². The van der Waals surface area contributed by atoms with Crippen LogP contribution in [-0.2, 0) is 12.8 Å². The average Bonchev–Trinajstić information content (AvgIpc) is 3.42. The SMILES string of the molecule is C=C/C=C(/c1ccc(C)c(C)c1)n1nc(C(=O)N2CCc3cc(C(=O)O)ccc32)cc1CC. The van der Waals surface area contributed by atoms with Crippen molar-refractivity contribution in [2.24, 2.45) is 0 Å². The zero-order chi connectivity index (χ0) is 23.7. The molecule has 4 rings (SSSR count). The molecule has 1 N–H and O–H groups in total. The standard InChI is InChI=1S/C27H27N3O3/c1-5-7-25(19-9-8-17(3)18(4)14-19)30-22(6-2)16-23(28-30)26(31)29-13-12-20-15-21(27(32)33)10-11-24(20)29/h5,7-11,14-16H,1,6,12-13H2,2-4H3,(H,32,33)/b25-7-. The van der Waals surface area contributed by atoms with Crippen LogP contribution in [0.25, 0.3) is 5.70 Å². The fourth-order valence-electron chi connectivity index (χ4n) is 4.17. The van der Waals surface area contributed by atoms with E-state index in [-0.39, 0.29) is 11.5 Å². The molecule has 33 heavy (non-hydrogen) atoms. The van der Waals surface area contributed by atoms with Crippen LogP contribution in [0.5, 0.6) is 0 Å². The summed E-state index contributed by atoms with van der Waals surface area (Å²) in [6, 6.07) is 13.0. The van der Waals surface area contributed by atoms with Crippen molar-refractivity contribution in [3.8, 4) is 0 Å². The van der Waals surface area contributed by atoms with Gasteiger partial charge in [-0.2, -0.15) is 5.10 Å². The van der Waals surface area contributed by atoms with Crippen molar-refractivity contribution in [2.75, 3.05) is 11.4 Å². The minimum absolute atomic E-state index is 0.191. The first-order valence-corrected chi connectivity index (χ1v) is 11.0. The lowest BCUT2D eigenvalue weighted by Gasteiger charge is -2.16. The molecule has 2 aromatic carbocycles. The predicted octanol–water partition coefficient (Wildman–Crippen LogP) is 5.04. The summed E-state index contributed by atoms with van der Waals surface area (Å²) in [5.41, 5.74) is 7.37. The molecule has 1 aromatic heterocycles. The van der Waals surface area contributed by atoms with Gasteiger partial charge in [0.2, 0.25) is 0 Å². The first-order valence-electron chi connectivity index (χ1n) is 11.0. The molecule has 0 atom stereocenters. The van der Waals surface area contributed by atoms with Gasteiger partial charge in [0.05, 0.1) is 11.3 Å². The van der Waals surface area contributed by atoms with Gasteiger partial charge < -0.3 is 10.0 Å². The number of carboxylic acids is 1. The Morgan fingerprint density at radius 3 is 2.52 bits per heavy atom. The van der Waals surface area contributed by atoms with E-state index in [1.165, 1.54) is 17.2 Å². The molecule has 3 aromatic rings. The number of carbonyl (C=O) groups is 2. The van der Waals surface area contributed by atoms with Gasteiger partial charge in [0.25, 0.3) is 5.91 Å². The van der Waals surface area contributed by atoms with Gasteiger partial charge in [0, 0.05) is 23.5 Å². The maximum atomic E-state index is 13.4. The zero-order valence-electron chi connectivity index (χ0n) is 19.1. The fourth-order valence-corrected chi connectivity index (χ4v) is 4.17. The Hall–Kier alpha value is -3.93. The van der Waals surface area contributed by atoms with Crippen molar-refractivity contribution < 1.29 is 14.7 Å². The van der Waals surface area contributed by atoms with Gasteiger partial charge in [-0.15, -0.1) is 0 Å². The molecule has 0 spiro atoms. The Morgan fingerprint density at radius 2 is 1.85 bits per heavy atom. The van der Waals surface area contributed by atoms with E-state index in [1.807, 2.05) is 23.7 Å². The summed E-state index contributed by atoms with van der Waals surface area (Å²) in [5.74, 6) is -1.16. The van der Waals surface area contributed by atoms with E-state index in [9.17, 15) is 14.7 Å². The van der Waals surface area contributed by atoms with E-state index < -0.39 is 5.97 Å². The van der Waals surface area contributed by atoms with Crippen LogP contribution < -0.4 is 4.90 Å². The first kappa shape index (κ1) is 22.3. The van der Waals surface area contributed by atoms with E-state index in [2.05, 4.69) is 38.6 Å². The Labute approximate surface area is 193 Å². The second-order valence-electron chi connectivity index (χ2n) is 8.23. The predicted molar refractivity (Wildman–Crippen MR) is 130 cm³/mol. The van der Waals surface area contributed by atoms with Crippen molar-refractivity contribution in [1.29, 1.82) is 0 Å². The first-order chi connectivity index (χ1) is 15.8. The van der Waals surface area contributed by atoms with Gasteiger partial charge in [-0.1, -0.05) is 31.7 Å². The van der Waals surface area contributed by atoms with Crippen molar-refractivity contribution in [2.45, 2.75) is 33.6 Å². The van der Waals surface area contributed by atoms with E-state index in [0.717, 1.165) is 28.2 Å². The number of nitrogens with zero attached hydrogens (tertiary/aromatic N) is 3. The molecule has 168 valence electrons. The van der Waals surface area contributed by atoms with Crippen LogP contribution in [0, 0.1) is 13.8 Å². The monoisotopic (exact) mass is 441 g/mol. The van der Waals surface area contributed by atoms with Crippen LogP contribution in [0.1, 0.15) is 55.7 Å². The summed E-state index contributed by atoms with van der Waals surface area (Å²) in [6.07, 6.45) is 4.96. The molecular weight excluding hydrogens is 414 g/mol. The number of rotatable bonds is 6. The molecule has 6 heteroatoms. The normalized spacial score (nSPS) is 13.2. The number of aromatic nitrogens is 2. The third-order valence-corrected chi connectivity index (χ3v) is 6.14. The van der Waals surface area contributed by atoms with Crippen LogP contribution >= 0.6 is 0 Å². The van der Waals surface area contributed by atoms with Gasteiger partial charge >= 0.3 is 5.97 Å². The molecule has 0 saturated heterocycles. The molecule has 1 aliphatic rings. The minimum Gasteiger partial charge on any atom is -0.478 e. The van der Waals surface area contributed by atoms with E-state index in [0.29, 0.717) is 25.1 Å². The molecular formula is C27H27N3O3. The molecule has 2 heterocycles. The number of carboxylic acid groups (broad SMARTS) is 1. The molecule has 1 aliphatic heterocycles. The highest BCUT2D eigenvalue weighted by molar-refractivity contribution is 6.06. The Bertz CT molecular complexity index is 1300. The fraction of sp³-hybridized carbons (Fsp3) is 0.222. The number of allylic oxidation sites excluding steroid dienone is 2. The van der Waals surface area contributed by atoms with Gasteiger partial charge in [-0.3, -0.25) is 4.79 Å². The number of fused-ring (bicyclic) bond motifs is 1. The lowest BCUT2D eigenvalue weighted by molar-refractivity contribution is 0.0696. The maximum absolute atomic E-state index is 13.4. The molecule has 1 amide bonds. The highest BCUT2D eigenvalue weighted by Crippen LogP contribution is 2.31. The number of anilines is 1. The third kappa shape index (κ3) is 4.12. The highest BCUT2D eigenvalue weighted by Gasteiger charge is 2.29. The third-order valence-electron chi connectivity index (χ3n) is 6.14. The van der Waals surface area contributed by atoms with E-state index >= 15 is 0 Å². The van der Waals surface area contributed by atoms with Crippen LogP contribution in [0.4, 0.5) is 5.69 Å². The van der Waals surface area contributed by atoms with E-state index in [1.54, 1.807) is 23.1 Å². The lowest BCUT2D eigenvalue weighted by Crippen LogP contribution is -2.29. The Kier molecular flexibility index (Phi) is 6.01. The van der Waals surface area contributed by atoms with E-state index in [4.69, 9.17) is 5.10 Å². The minimum atomic E-state index is -0.971. The Balaban J connectivity index is 1.72. The summed E-state index contributed by atoms with van der Waals surface area (Å²) in [6.45, 7) is 10.5. The molecule has 0 unspecified atom stereocenters. The largest absolute Gasteiger partial charge is 0.478 e. The van der Waals surface area contributed by atoms with Crippen LogP contribution in [0.3, 0.4) is 0 Å². The number of carbonyl (C=O) groups excluding carboxylic acids is 1. The number of hydrogen-bond donors (Lipinski definition) is 1. The summed E-state index contributed by atoms with van der Waals surface area (Å²) in [4.78, 5) is 26.4. The summed E-state index contributed by atoms with van der Waals surface area (Å²) < 4.78 is 1.82. The summed E-state index contributed by atoms with van der Waals surface area (Å²) >= 11 is 0. The van der Waals surface area contributed by atoms with Crippen LogP contribution in [-0.4, -0.2) is 33.3 Å². The van der Waals surface area contributed by atoms with Crippen molar-refractivity contribution in [1.82, 2.24) is 9.78 Å². The molecule has 0 bridgehead atoms. The Morgan fingerprint density at radius 1 is 1.09 bits per heavy atom. The number of aromatic carboxylic acids is 1. The summed E-state index contributed by atoms with van der Waals surface area (Å²) in [5, 5.41) is 14.0. The molecule has 0 fully saturated rings. The smallest absolute Gasteiger partial charge is 0.335 e. The van der Waals surface area contributed by atoms with Gasteiger partial charge in [0.15, 0.2) is 5.69 Å². The van der Waals surface area contributed by atoms with Gasteiger partial charge in [-0.25, -0.2) is 9.48 Å². The quantitative estimate of drug-likeness (QED) is 0.544. The van der Waals surface area contributed by atoms with Crippen LogP contribution in [0.15, 0.2) is 61.2 Å². The second kappa shape index (κ2) is 8.90. The molecule has 0 radical (unpaired) electrons. The average molecular weight is 442 g/mol. The lowest BCUT2D eigenvalue weighted by atomic mass is 10.0. The maximum Gasteiger partial charge on any atom is 0.335 e.